The summed E-state index contributed by atoms with van der Waals surface area (Å²) in [5.41, 5.74) is 4.58. The fourth-order valence-electron chi connectivity index (χ4n) is 2.28. The molecule has 0 saturated carbocycles. The van der Waals surface area contributed by atoms with Gasteiger partial charge in [-0.3, -0.25) is 0 Å². The Bertz CT molecular complexity index is 773. The Hall–Kier alpha value is -2.20. The second kappa shape index (κ2) is 5.30. The molecule has 3 rings (SSSR count). The summed E-state index contributed by atoms with van der Waals surface area (Å²) in [7, 11) is 0. The molecule has 0 fully saturated rings. The molecule has 0 aliphatic rings. The van der Waals surface area contributed by atoms with E-state index in [-0.39, 0.29) is 0 Å². The zero-order valence-electron chi connectivity index (χ0n) is 12.1. The predicted octanol–water partition coefficient (Wildman–Crippen LogP) is 3.91. The lowest BCUT2D eigenvalue weighted by atomic mass is 10.1. The van der Waals surface area contributed by atoms with E-state index < -0.39 is 0 Å². The van der Waals surface area contributed by atoms with Crippen molar-refractivity contribution >= 4 is 11.6 Å². The molecule has 0 bridgehead atoms. The Morgan fingerprint density at radius 1 is 0.952 bits per heavy atom. The van der Waals surface area contributed by atoms with Crippen molar-refractivity contribution in [2.24, 2.45) is 0 Å². The minimum absolute atomic E-state index is 0.503. The van der Waals surface area contributed by atoms with Gasteiger partial charge in [-0.25, -0.2) is 9.97 Å². The van der Waals surface area contributed by atoms with Crippen LogP contribution < -0.4 is 0 Å². The molecule has 0 spiro atoms. The van der Waals surface area contributed by atoms with Crippen molar-refractivity contribution in [2.45, 2.75) is 20.8 Å². The summed E-state index contributed by atoms with van der Waals surface area (Å²) in [5.74, 6) is 0.503. The molecular formula is C16H15ClN4. The molecule has 0 radical (unpaired) electrons. The lowest BCUT2D eigenvalue weighted by molar-refractivity contribution is 0.796. The van der Waals surface area contributed by atoms with Crippen LogP contribution in [0.15, 0.2) is 36.4 Å². The quantitative estimate of drug-likeness (QED) is 0.720. The van der Waals surface area contributed by atoms with E-state index in [4.69, 9.17) is 11.6 Å². The number of benzene rings is 1. The molecule has 1 aromatic carbocycles. The highest BCUT2D eigenvalue weighted by Crippen LogP contribution is 2.29. The third-order valence-electron chi connectivity index (χ3n) is 3.26. The van der Waals surface area contributed by atoms with Crippen molar-refractivity contribution in [1.82, 2.24) is 19.7 Å². The Kier molecular flexibility index (Phi) is 3.47. The Morgan fingerprint density at radius 2 is 1.57 bits per heavy atom. The minimum atomic E-state index is 0.503. The van der Waals surface area contributed by atoms with Gasteiger partial charge in [0, 0.05) is 22.5 Å². The molecule has 21 heavy (non-hydrogen) atoms. The zero-order valence-corrected chi connectivity index (χ0v) is 12.9. The van der Waals surface area contributed by atoms with Crippen LogP contribution in [0.2, 0.25) is 5.15 Å². The molecular weight excluding hydrogens is 284 g/mol. The first-order valence-corrected chi connectivity index (χ1v) is 7.07. The van der Waals surface area contributed by atoms with Gasteiger partial charge in [0.25, 0.3) is 5.95 Å². The monoisotopic (exact) mass is 298 g/mol. The molecule has 106 valence electrons. The van der Waals surface area contributed by atoms with Gasteiger partial charge in [-0.1, -0.05) is 41.9 Å². The minimum Gasteiger partial charge on any atom is -0.216 e. The second-order valence-corrected chi connectivity index (χ2v) is 5.35. The smallest absolute Gasteiger partial charge is 0.216 e. The summed E-state index contributed by atoms with van der Waals surface area (Å²) in [6.07, 6.45) is 0. The number of hydrogen-bond donors (Lipinski definition) is 0. The van der Waals surface area contributed by atoms with Crippen LogP contribution in [0.5, 0.6) is 0 Å². The molecule has 4 nitrogen and oxygen atoms in total. The summed E-state index contributed by atoms with van der Waals surface area (Å²) < 4.78 is 1.60. The molecule has 0 saturated heterocycles. The van der Waals surface area contributed by atoms with Crippen LogP contribution in [0.25, 0.3) is 17.2 Å². The number of aromatic nitrogens is 4. The van der Waals surface area contributed by atoms with Gasteiger partial charge in [0.05, 0.1) is 5.69 Å². The highest BCUT2D eigenvalue weighted by Gasteiger charge is 2.17. The Morgan fingerprint density at radius 3 is 2.19 bits per heavy atom. The lowest BCUT2D eigenvalue weighted by Gasteiger charge is -2.03. The average molecular weight is 299 g/mol. The van der Waals surface area contributed by atoms with E-state index in [1.807, 2.05) is 57.2 Å². The maximum absolute atomic E-state index is 6.42. The summed E-state index contributed by atoms with van der Waals surface area (Å²) in [4.78, 5) is 8.84. The standard InChI is InChI=1S/C16H15ClN4/c1-10-9-11(2)19-16(18-10)21-15(17)12(3)14(20-21)13-7-5-4-6-8-13/h4-9H,1-3H3. The lowest BCUT2D eigenvalue weighted by Crippen LogP contribution is -2.05. The molecule has 2 heterocycles. The molecule has 0 amide bonds. The van der Waals surface area contributed by atoms with Crippen molar-refractivity contribution < 1.29 is 0 Å². The van der Waals surface area contributed by atoms with E-state index in [0.717, 1.165) is 28.2 Å². The first-order chi connectivity index (χ1) is 10.1. The van der Waals surface area contributed by atoms with E-state index in [1.165, 1.54) is 0 Å². The van der Waals surface area contributed by atoms with Gasteiger partial charge >= 0.3 is 0 Å². The third kappa shape index (κ3) is 2.54. The van der Waals surface area contributed by atoms with Crippen LogP contribution >= 0.6 is 11.6 Å². The number of halogens is 1. The maximum atomic E-state index is 6.42. The van der Waals surface area contributed by atoms with Crippen molar-refractivity contribution in [1.29, 1.82) is 0 Å². The summed E-state index contributed by atoms with van der Waals surface area (Å²) in [6.45, 7) is 5.82. The van der Waals surface area contributed by atoms with Crippen LogP contribution in [0.4, 0.5) is 0 Å². The first-order valence-electron chi connectivity index (χ1n) is 6.69. The summed E-state index contributed by atoms with van der Waals surface area (Å²) in [5, 5.41) is 5.13. The SMILES string of the molecule is Cc1cc(C)nc(-n2nc(-c3ccccc3)c(C)c2Cl)n1. The Labute approximate surface area is 128 Å². The maximum Gasteiger partial charge on any atom is 0.252 e. The Balaban J connectivity index is 2.17. The highest BCUT2D eigenvalue weighted by molar-refractivity contribution is 6.31. The third-order valence-corrected chi connectivity index (χ3v) is 3.70. The van der Waals surface area contributed by atoms with Gasteiger partial charge in [0.1, 0.15) is 5.15 Å². The number of rotatable bonds is 2. The fourth-order valence-corrected chi connectivity index (χ4v) is 2.48. The average Bonchev–Trinajstić information content (AvgIpc) is 2.75. The van der Waals surface area contributed by atoms with Gasteiger partial charge in [-0.2, -0.15) is 9.78 Å². The molecule has 0 atom stereocenters. The molecule has 0 aliphatic carbocycles. The summed E-state index contributed by atoms with van der Waals surface area (Å²) in [6, 6.07) is 11.9. The molecule has 3 aromatic rings. The molecule has 0 aliphatic heterocycles. The number of aryl methyl sites for hydroxylation is 2. The van der Waals surface area contributed by atoms with Gasteiger partial charge < -0.3 is 0 Å². The number of hydrogen-bond acceptors (Lipinski definition) is 3. The van der Waals surface area contributed by atoms with E-state index in [1.54, 1.807) is 4.68 Å². The first kappa shape index (κ1) is 13.8. The van der Waals surface area contributed by atoms with Crippen LogP contribution in [0.3, 0.4) is 0 Å². The second-order valence-electron chi connectivity index (χ2n) is 4.99. The van der Waals surface area contributed by atoms with Crippen molar-refractivity contribution in [3.8, 4) is 17.2 Å². The predicted molar refractivity (Wildman–Crippen MR) is 83.8 cm³/mol. The van der Waals surface area contributed by atoms with E-state index in [9.17, 15) is 0 Å². The van der Waals surface area contributed by atoms with Crippen molar-refractivity contribution in [3.05, 3.63) is 58.5 Å². The topological polar surface area (TPSA) is 43.6 Å². The van der Waals surface area contributed by atoms with Gasteiger partial charge in [0.15, 0.2) is 0 Å². The van der Waals surface area contributed by atoms with Crippen LogP contribution in [0, 0.1) is 20.8 Å². The molecule has 0 unspecified atom stereocenters. The van der Waals surface area contributed by atoms with E-state index in [0.29, 0.717) is 11.1 Å². The van der Waals surface area contributed by atoms with Crippen LogP contribution in [-0.2, 0) is 0 Å². The highest BCUT2D eigenvalue weighted by atomic mass is 35.5. The molecule has 0 N–H and O–H groups in total. The van der Waals surface area contributed by atoms with Crippen LogP contribution in [0.1, 0.15) is 17.0 Å². The fraction of sp³-hybridized carbons (Fsp3) is 0.188. The van der Waals surface area contributed by atoms with Crippen molar-refractivity contribution in [2.75, 3.05) is 0 Å². The molecule has 2 aromatic heterocycles. The van der Waals surface area contributed by atoms with E-state index >= 15 is 0 Å². The van der Waals surface area contributed by atoms with E-state index in [2.05, 4.69) is 15.1 Å². The number of nitrogens with zero attached hydrogens (tertiary/aromatic N) is 4. The van der Waals surface area contributed by atoms with Gasteiger partial charge in [-0.15, -0.1) is 0 Å². The largest absolute Gasteiger partial charge is 0.252 e. The molecule has 5 heteroatoms. The van der Waals surface area contributed by atoms with Crippen LogP contribution in [-0.4, -0.2) is 19.7 Å². The van der Waals surface area contributed by atoms with Crippen molar-refractivity contribution in [3.63, 3.8) is 0 Å². The van der Waals surface area contributed by atoms with Gasteiger partial charge in [0.2, 0.25) is 0 Å². The normalized spacial score (nSPS) is 10.9. The zero-order chi connectivity index (χ0) is 15.0. The van der Waals surface area contributed by atoms with Gasteiger partial charge in [-0.05, 0) is 26.8 Å². The summed E-state index contributed by atoms with van der Waals surface area (Å²) >= 11 is 6.42.